The summed E-state index contributed by atoms with van der Waals surface area (Å²) >= 11 is 6.04. The molecular weight excluding hydrogens is 434 g/mol. The van der Waals surface area contributed by atoms with E-state index in [2.05, 4.69) is 0 Å². The number of carbonyl (C=O) groups excluding carboxylic acids is 2. The van der Waals surface area contributed by atoms with Crippen LogP contribution in [0.15, 0.2) is 64.3 Å². The average Bonchev–Trinajstić information content (AvgIpc) is 3.33. The summed E-state index contributed by atoms with van der Waals surface area (Å²) in [6.45, 7) is 0.743. The summed E-state index contributed by atoms with van der Waals surface area (Å²) in [5.74, 6) is -1.08. The van der Waals surface area contributed by atoms with Crippen LogP contribution in [0.1, 0.15) is 28.6 Å². The van der Waals surface area contributed by atoms with Gasteiger partial charge in [0.1, 0.15) is 11.3 Å². The number of carbonyl (C=O) groups is 2. The number of amides is 1. The van der Waals surface area contributed by atoms with Crippen LogP contribution < -0.4 is 4.74 Å². The van der Waals surface area contributed by atoms with Gasteiger partial charge in [-0.25, -0.2) is 0 Å². The van der Waals surface area contributed by atoms with Crippen molar-refractivity contribution in [2.24, 2.45) is 0 Å². The fraction of sp³-hybridized carbons (Fsp3) is 0.250. The minimum atomic E-state index is -0.769. The molecule has 1 aliphatic rings. The molecular formula is C24H22ClNO6. The lowest BCUT2D eigenvalue weighted by molar-refractivity contribution is -0.129. The van der Waals surface area contributed by atoms with Crippen LogP contribution >= 0.6 is 11.6 Å². The number of rotatable bonds is 8. The molecule has 7 nitrogen and oxygen atoms in total. The molecule has 2 heterocycles. The van der Waals surface area contributed by atoms with E-state index in [0.717, 1.165) is 0 Å². The third-order valence-electron chi connectivity index (χ3n) is 5.43. The Bertz CT molecular complexity index is 1200. The lowest BCUT2D eigenvalue weighted by atomic mass is 9.95. The van der Waals surface area contributed by atoms with Crippen LogP contribution in [0.4, 0.5) is 0 Å². The Morgan fingerprint density at radius 3 is 2.59 bits per heavy atom. The van der Waals surface area contributed by atoms with Crippen molar-refractivity contribution in [3.63, 3.8) is 0 Å². The second-order valence-corrected chi connectivity index (χ2v) is 7.84. The molecule has 1 unspecified atom stereocenters. The number of aliphatic hydroxyl groups is 1. The van der Waals surface area contributed by atoms with E-state index in [1.165, 1.54) is 4.90 Å². The number of benzene rings is 2. The number of aliphatic hydroxyl groups excluding tert-OH is 1. The zero-order chi connectivity index (χ0) is 22.8. The quantitative estimate of drug-likeness (QED) is 0.391. The Hall–Kier alpha value is -3.29. The van der Waals surface area contributed by atoms with Gasteiger partial charge < -0.3 is 23.9 Å². The molecule has 0 aliphatic carbocycles. The van der Waals surface area contributed by atoms with E-state index in [1.807, 2.05) is 0 Å². The number of hydrogen-bond acceptors (Lipinski definition) is 6. The summed E-state index contributed by atoms with van der Waals surface area (Å²) in [6.07, 6.45) is 0.548. The number of fused-ring (bicyclic) bond motifs is 1. The fourth-order valence-electron chi connectivity index (χ4n) is 3.89. The molecule has 3 aromatic rings. The highest BCUT2D eigenvalue weighted by Gasteiger charge is 2.44. The van der Waals surface area contributed by atoms with Crippen LogP contribution in [0.5, 0.6) is 5.75 Å². The minimum absolute atomic E-state index is 0.0221. The van der Waals surface area contributed by atoms with E-state index >= 15 is 0 Å². The van der Waals surface area contributed by atoms with Gasteiger partial charge in [0.15, 0.2) is 11.5 Å². The molecule has 0 bridgehead atoms. The summed E-state index contributed by atoms with van der Waals surface area (Å²) in [5, 5.41) is 11.9. The fourth-order valence-corrected chi connectivity index (χ4v) is 4.07. The van der Waals surface area contributed by atoms with E-state index in [1.54, 1.807) is 62.8 Å². The summed E-state index contributed by atoms with van der Waals surface area (Å²) in [5.41, 5.74) is 1.13. The van der Waals surface area contributed by atoms with Gasteiger partial charge in [-0.05, 0) is 48.4 Å². The maximum atomic E-state index is 13.5. The molecule has 0 spiro atoms. The Balaban J connectivity index is 1.76. The molecule has 0 fully saturated rings. The molecule has 32 heavy (non-hydrogen) atoms. The van der Waals surface area contributed by atoms with Crippen LogP contribution in [-0.2, 0) is 9.53 Å². The Labute approximate surface area is 189 Å². The lowest BCUT2D eigenvalue weighted by Crippen LogP contribution is -2.32. The lowest BCUT2D eigenvalue weighted by Gasteiger charge is -2.26. The monoisotopic (exact) mass is 455 g/mol. The van der Waals surface area contributed by atoms with Crippen LogP contribution in [0.3, 0.4) is 0 Å². The SMILES string of the molecule is COCCCN1C(=O)C(O)=C(C(=O)c2cc3cc(Cl)ccc3o2)C1c1ccc(OC)cc1. The normalized spacial score (nSPS) is 16.3. The number of Topliss-reactive ketones (excluding diaryl/α,β-unsaturated/α-hetero) is 1. The van der Waals surface area contributed by atoms with Crippen molar-refractivity contribution in [1.29, 1.82) is 0 Å². The third-order valence-corrected chi connectivity index (χ3v) is 5.66. The molecule has 166 valence electrons. The largest absolute Gasteiger partial charge is 0.503 e. The van der Waals surface area contributed by atoms with E-state index in [9.17, 15) is 14.7 Å². The second kappa shape index (κ2) is 9.06. The molecule has 0 radical (unpaired) electrons. The van der Waals surface area contributed by atoms with Crippen molar-refractivity contribution >= 4 is 34.3 Å². The van der Waals surface area contributed by atoms with Gasteiger partial charge in [-0.3, -0.25) is 9.59 Å². The van der Waals surface area contributed by atoms with E-state index in [-0.39, 0.29) is 11.3 Å². The van der Waals surface area contributed by atoms with Gasteiger partial charge in [0, 0.05) is 30.7 Å². The number of hydrogen-bond donors (Lipinski definition) is 1. The molecule has 1 N–H and O–H groups in total. The van der Waals surface area contributed by atoms with Gasteiger partial charge in [-0.1, -0.05) is 23.7 Å². The first-order chi connectivity index (χ1) is 15.4. The van der Waals surface area contributed by atoms with Crippen LogP contribution in [0.25, 0.3) is 11.0 Å². The van der Waals surface area contributed by atoms with Gasteiger partial charge in [-0.15, -0.1) is 0 Å². The molecule has 0 saturated heterocycles. The van der Waals surface area contributed by atoms with Crippen molar-refractivity contribution in [2.75, 3.05) is 27.4 Å². The van der Waals surface area contributed by atoms with Gasteiger partial charge in [0.25, 0.3) is 5.91 Å². The highest BCUT2D eigenvalue weighted by atomic mass is 35.5. The Morgan fingerprint density at radius 2 is 1.91 bits per heavy atom. The first kappa shape index (κ1) is 21.9. The number of methoxy groups -OCH3 is 2. The topological polar surface area (TPSA) is 89.2 Å². The van der Waals surface area contributed by atoms with Gasteiger partial charge in [0.05, 0.1) is 18.7 Å². The highest BCUT2D eigenvalue weighted by molar-refractivity contribution is 6.31. The minimum Gasteiger partial charge on any atom is -0.503 e. The van der Waals surface area contributed by atoms with Gasteiger partial charge in [0.2, 0.25) is 5.78 Å². The number of ketones is 1. The zero-order valence-electron chi connectivity index (χ0n) is 17.6. The molecule has 0 saturated carbocycles. The summed E-state index contributed by atoms with van der Waals surface area (Å²) in [6, 6.07) is 12.8. The number of nitrogens with zero attached hydrogens (tertiary/aromatic N) is 1. The first-order valence-electron chi connectivity index (χ1n) is 10.1. The summed E-state index contributed by atoms with van der Waals surface area (Å²) < 4.78 is 16.0. The van der Waals surface area contributed by atoms with E-state index in [0.29, 0.717) is 46.9 Å². The number of halogens is 1. The standard InChI is InChI=1S/C24H22ClNO6/c1-30-11-3-10-26-21(14-4-7-17(31-2)8-5-14)20(23(28)24(26)29)22(27)19-13-15-12-16(25)6-9-18(15)32-19/h4-9,12-13,21,28H,3,10-11H2,1-2H3. The van der Waals surface area contributed by atoms with Gasteiger partial charge >= 0.3 is 0 Å². The Morgan fingerprint density at radius 1 is 1.16 bits per heavy atom. The van der Waals surface area contributed by atoms with Crippen LogP contribution in [0, 0.1) is 0 Å². The smallest absolute Gasteiger partial charge is 0.290 e. The predicted octanol–water partition coefficient (Wildman–Crippen LogP) is 4.71. The predicted molar refractivity (Wildman–Crippen MR) is 119 cm³/mol. The highest BCUT2D eigenvalue weighted by Crippen LogP contribution is 2.40. The molecule has 1 amide bonds. The van der Waals surface area contributed by atoms with Crippen molar-refractivity contribution < 1.29 is 28.6 Å². The number of furan rings is 1. The Kier molecular flexibility index (Phi) is 6.21. The maximum absolute atomic E-state index is 13.5. The molecule has 2 aromatic carbocycles. The van der Waals surface area contributed by atoms with E-state index in [4.69, 9.17) is 25.5 Å². The van der Waals surface area contributed by atoms with Crippen molar-refractivity contribution in [3.8, 4) is 5.75 Å². The molecule has 8 heteroatoms. The number of ether oxygens (including phenoxy) is 2. The van der Waals surface area contributed by atoms with E-state index < -0.39 is 23.5 Å². The second-order valence-electron chi connectivity index (χ2n) is 7.40. The zero-order valence-corrected chi connectivity index (χ0v) is 18.4. The summed E-state index contributed by atoms with van der Waals surface area (Å²) in [7, 11) is 3.13. The average molecular weight is 456 g/mol. The maximum Gasteiger partial charge on any atom is 0.290 e. The third kappa shape index (κ3) is 3.97. The van der Waals surface area contributed by atoms with Crippen LogP contribution in [0.2, 0.25) is 5.02 Å². The first-order valence-corrected chi connectivity index (χ1v) is 10.4. The van der Waals surface area contributed by atoms with Crippen molar-refractivity contribution in [2.45, 2.75) is 12.5 Å². The summed E-state index contributed by atoms with van der Waals surface area (Å²) in [4.78, 5) is 27.9. The molecule has 4 rings (SSSR count). The van der Waals surface area contributed by atoms with Crippen LogP contribution in [-0.4, -0.2) is 49.1 Å². The molecule has 1 atom stereocenters. The molecule has 1 aliphatic heterocycles. The van der Waals surface area contributed by atoms with Crippen molar-refractivity contribution in [1.82, 2.24) is 4.90 Å². The molecule has 1 aromatic heterocycles. The van der Waals surface area contributed by atoms with Gasteiger partial charge in [-0.2, -0.15) is 0 Å². The van der Waals surface area contributed by atoms with Crippen molar-refractivity contribution in [3.05, 3.63) is 76.2 Å².